The molecule has 0 aliphatic carbocycles. The van der Waals surface area contributed by atoms with Crippen LogP contribution in [0.4, 0.5) is 4.39 Å². The number of carbonyl (C=O) groups excluding carboxylic acids is 2. The Bertz CT molecular complexity index is 1070. The summed E-state index contributed by atoms with van der Waals surface area (Å²) in [5, 5.41) is 0. The minimum atomic E-state index is -0.209. The van der Waals surface area contributed by atoms with Gasteiger partial charge in [-0.3, -0.25) is 9.79 Å². The number of aldehydes is 1. The van der Waals surface area contributed by atoms with Crippen LogP contribution in [0.3, 0.4) is 0 Å². The molecule has 0 bridgehead atoms. The van der Waals surface area contributed by atoms with Gasteiger partial charge in [0.1, 0.15) is 17.6 Å². The molecule has 3 rings (SSSR count). The van der Waals surface area contributed by atoms with Crippen LogP contribution in [-0.2, 0) is 16.0 Å². The van der Waals surface area contributed by atoms with Crippen molar-refractivity contribution in [2.45, 2.75) is 91.9 Å². The van der Waals surface area contributed by atoms with Gasteiger partial charge in [-0.05, 0) is 95.4 Å². The Kier molecular flexibility index (Phi) is 27.5. The van der Waals surface area contributed by atoms with Crippen LogP contribution in [-0.4, -0.2) is 52.9 Å². The number of carbonyl (C=O) groups is 1. The van der Waals surface area contributed by atoms with Gasteiger partial charge in [0, 0.05) is 18.2 Å². The van der Waals surface area contributed by atoms with Gasteiger partial charge >= 0.3 is 51.4 Å². The number of piperidine rings is 1. The first-order chi connectivity index (χ1) is 19.3. The Morgan fingerprint density at radius 1 is 1.10 bits per heavy atom. The Morgan fingerprint density at radius 2 is 1.74 bits per heavy atom. The summed E-state index contributed by atoms with van der Waals surface area (Å²) in [5.74, 6) is 3.17. The zero-order valence-electron chi connectivity index (χ0n) is 27.2. The van der Waals surface area contributed by atoms with E-state index in [2.05, 4.69) is 40.8 Å². The summed E-state index contributed by atoms with van der Waals surface area (Å²) in [6.45, 7) is 10.2. The normalized spacial score (nSPS) is 13.7. The summed E-state index contributed by atoms with van der Waals surface area (Å²) in [7, 11) is 2.11. The molecular formula is C34H52FKN4O2. The molecule has 42 heavy (non-hydrogen) atoms. The third kappa shape index (κ3) is 20.4. The first-order valence-electron chi connectivity index (χ1n) is 14.7. The number of likely N-dealkylation sites (tertiary alicyclic amines) is 1. The van der Waals surface area contributed by atoms with Gasteiger partial charge in [-0.25, -0.2) is 14.2 Å². The summed E-state index contributed by atoms with van der Waals surface area (Å²) in [5.41, 5.74) is 3.40. The predicted molar refractivity (Wildman–Crippen MR) is 171 cm³/mol. The molecule has 0 spiro atoms. The molecule has 228 valence electrons. The molecule has 2 heterocycles. The first-order valence-corrected chi connectivity index (χ1v) is 14.7. The number of benzene rings is 1. The molecule has 1 aromatic heterocycles. The molecule has 0 amide bonds. The van der Waals surface area contributed by atoms with E-state index in [4.69, 9.17) is 0 Å². The maximum absolute atomic E-state index is 12.9. The number of allylic oxidation sites excluding steroid dienone is 3. The number of unbranched alkanes of at least 4 members (excludes halogenated alkanes) is 5. The van der Waals surface area contributed by atoms with E-state index in [1.165, 1.54) is 44.2 Å². The standard InChI is InChI=1S/C16H21FN2.C9H15NO.C8H13NO.CH3.K/c1-2-3-4-5-6-7-16-18-12-15(19-16)13-8-10-14(17)11-9-13;1-4-5-6-8(2)10-9(3)7-11;1-9-5-2-8(3-6-9)4-7-10;;/h8-12H,2-7H2,1H3,(H,18,19);6-7H,4-5H2,1-3H3;4,8H,2-3,5-6H2,1H3;1H3;/q;;;-1;+1/b;8-6-,10-9?;;;. The van der Waals surface area contributed by atoms with Gasteiger partial charge in [-0.2, -0.15) is 0 Å². The average molecular weight is 607 g/mol. The number of rotatable bonds is 12. The van der Waals surface area contributed by atoms with Crippen molar-refractivity contribution >= 4 is 17.9 Å². The molecule has 1 fully saturated rings. The number of aryl methyl sites for hydroxylation is 1. The Hall–Kier alpha value is -1.51. The fraction of sp³-hybridized carbons (Fsp3) is 0.529. The zero-order chi connectivity index (χ0) is 29.6. The Balaban J connectivity index is 0. The summed E-state index contributed by atoms with van der Waals surface area (Å²) in [4.78, 5) is 34.1. The second kappa shape index (κ2) is 27.1. The van der Waals surface area contributed by atoms with E-state index in [1.54, 1.807) is 25.1 Å². The largest absolute Gasteiger partial charge is 1.00 e. The van der Waals surface area contributed by atoms with Gasteiger partial charge in [0.2, 0.25) is 0 Å². The number of H-pyrrole nitrogens is 1. The summed E-state index contributed by atoms with van der Waals surface area (Å²) in [6.07, 6.45) is 18.0. The van der Waals surface area contributed by atoms with E-state index >= 15 is 0 Å². The Labute approximate surface area is 297 Å². The predicted octanol–water partition coefficient (Wildman–Crippen LogP) is 5.25. The van der Waals surface area contributed by atoms with E-state index in [1.807, 2.05) is 25.1 Å². The van der Waals surface area contributed by atoms with Gasteiger partial charge in [-0.1, -0.05) is 52.0 Å². The molecule has 1 N–H and O–H groups in total. The zero-order valence-corrected chi connectivity index (χ0v) is 30.3. The third-order valence-corrected chi connectivity index (χ3v) is 6.62. The maximum atomic E-state index is 12.9. The molecule has 0 radical (unpaired) electrons. The minimum absolute atomic E-state index is 0. The molecule has 0 saturated carbocycles. The molecule has 2 aromatic rings. The number of nitrogens with zero attached hydrogens (tertiary/aromatic N) is 3. The number of aromatic nitrogens is 2. The second-order valence-corrected chi connectivity index (χ2v) is 10.3. The molecule has 0 atom stereocenters. The maximum Gasteiger partial charge on any atom is 1.00 e. The fourth-order valence-electron chi connectivity index (χ4n) is 4.16. The van der Waals surface area contributed by atoms with Crippen molar-refractivity contribution in [3.05, 3.63) is 67.4 Å². The molecular weight excluding hydrogens is 554 g/mol. The van der Waals surface area contributed by atoms with E-state index in [0.717, 1.165) is 74.3 Å². The number of hydrogen-bond acceptors (Lipinski definition) is 5. The van der Waals surface area contributed by atoms with Crippen LogP contribution in [0.5, 0.6) is 0 Å². The third-order valence-electron chi connectivity index (χ3n) is 6.62. The van der Waals surface area contributed by atoms with Crippen molar-refractivity contribution in [2.75, 3.05) is 20.1 Å². The fourth-order valence-corrected chi connectivity index (χ4v) is 4.16. The van der Waals surface area contributed by atoms with Crippen molar-refractivity contribution in [3.8, 4) is 11.3 Å². The van der Waals surface area contributed by atoms with Crippen LogP contribution >= 0.6 is 0 Å². The van der Waals surface area contributed by atoms with Crippen LogP contribution in [0.15, 0.2) is 53.3 Å². The molecule has 1 aliphatic heterocycles. The summed E-state index contributed by atoms with van der Waals surface area (Å²) < 4.78 is 12.9. The van der Waals surface area contributed by atoms with Crippen LogP contribution < -0.4 is 51.4 Å². The van der Waals surface area contributed by atoms with Crippen LogP contribution in [0.2, 0.25) is 0 Å². The van der Waals surface area contributed by atoms with E-state index in [-0.39, 0.29) is 64.6 Å². The van der Waals surface area contributed by atoms with E-state index < -0.39 is 0 Å². The van der Waals surface area contributed by atoms with Gasteiger partial charge in [0.25, 0.3) is 0 Å². The minimum Gasteiger partial charge on any atom is -0.358 e. The number of halogens is 1. The topological polar surface area (TPSA) is 78.4 Å². The van der Waals surface area contributed by atoms with Gasteiger partial charge in [0.05, 0.1) is 17.6 Å². The molecule has 6 nitrogen and oxygen atoms in total. The van der Waals surface area contributed by atoms with Crippen molar-refractivity contribution in [1.29, 1.82) is 0 Å². The summed E-state index contributed by atoms with van der Waals surface area (Å²) >= 11 is 0. The average Bonchev–Trinajstić information content (AvgIpc) is 3.43. The van der Waals surface area contributed by atoms with Crippen LogP contribution in [0, 0.1) is 19.2 Å². The molecule has 1 aliphatic rings. The number of hydrogen-bond donors (Lipinski definition) is 1. The number of imidazole rings is 1. The van der Waals surface area contributed by atoms with Crippen molar-refractivity contribution in [2.24, 2.45) is 10.9 Å². The van der Waals surface area contributed by atoms with Gasteiger partial charge in [0.15, 0.2) is 6.29 Å². The first kappa shape index (κ1) is 42.6. The van der Waals surface area contributed by atoms with Gasteiger partial charge < -0.3 is 17.3 Å². The van der Waals surface area contributed by atoms with E-state index in [9.17, 15) is 14.0 Å². The molecule has 1 aromatic carbocycles. The van der Waals surface area contributed by atoms with E-state index in [0.29, 0.717) is 11.6 Å². The van der Waals surface area contributed by atoms with Crippen LogP contribution in [0.1, 0.15) is 91.3 Å². The number of aliphatic imine (C=N–C) groups is 1. The Morgan fingerprint density at radius 3 is 2.31 bits per heavy atom. The second-order valence-electron chi connectivity index (χ2n) is 10.3. The summed E-state index contributed by atoms with van der Waals surface area (Å²) in [6, 6.07) is 6.49. The van der Waals surface area contributed by atoms with Crippen molar-refractivity contribution < 1.29 is 65.4 Å². The SMILES string of the molecule is CCC/C=C(/C)N=C(C)C=O.CCCCCCCc1ncc(-c2ccc(F)cc2)[nH]1.CN1CCC(C=C=O)CC1.[CH3-].[K+]. The van der Waals surface area contributed by atoms with Gasteiger partial charge in [-0.15, -0.1) is 0 Å². The smallest absolute Gasteiger partial charge is 0.358 e. The quantitative estimate of drug-likeness (QED) is 0.0894. The molecule has 1 saturated heterocycles. The monoisotopic (exact) mass is 606 g/mol. The van der Waals surface area contributed by atoms with Crippen LogP contribution in [0.25, 0.3) is 11.3 Å². The number of aromatic amines is 1. The van der Waals surface area contributed by atoms with Crippen molar-refractivity contribution in [3.63, 3.8) is 0 Å². The molecule has 0 unspecified atom stereocenters. The number of nitrogens with one attached hydrogen (secondary N) is 1. The molecule has 8 heteroatoms. The van der Waals surface area contributed by atoms with Crippen molar-refractivity contribution in [1.82, 2.24) is 14.9 Å².